The molecule has 0 saturated carbocycles. The van der Waals surface area contributed by atoms with E-state index < -0.39 is 5.95 Å². The molecule has 5 nitrogen and oxygen atoms in total. The zero-order valence-corrected chi connectivity index (χ0v) is 9.11. The summed E-state index contributed by atoms with van der Waals surface area (Å²) in [7, 11) is 0. The van der Waals surface area contributed by atoms with E-state index in [1.54, 1.807) is 13.0 Å². The highest BCUT2D eigenvalue weighted by Gasteiger charge is 2.08. The quantitative estimate of drug-likeness (QED) is 0.817. The molecule has 0 fully saturated rings. The number of carbonyl (C=O) groups is 1. The third kappa shape index (κ3) is 2.87. The zero-order chi connectivity index (χ0) is 12.3. The van der Waals surface area contributed by atoms with Crippen LogP contribution in [-0.2, 0) is 6.54 Å². The molecule has 6 heteroatoms. The van der Waals surface area contributed by atoms with Crippen molar-refractivity contribution in [2.24, 2.45) is 0 Å². The van der Waals surface area contributed by atoms with Crippen molar-refractivity contribution in [1.29, 1.82) is 0 Å². The molecule has 2 aromatic heterocycles. The average molecular weight is 235 g/mol. The standard InChI is InChI=1S/C11H10FN3O2/c1-7-4-9(15-17-7)6-14-11(16)8-2-3-13-10(12)5-8/h2-5H,6H2,1H3,(H,14,16). The highest BCUT2D eigenvalue weighted by Crippen LogP contribution is 2.03. The Kier molecular flexibility index (Phi) is 3.13. The van der Waals surface area contributed by atoms with E-state index in [9.17, 15) is 9.18 Å². The molecular formula is C11H10FN3O2. The van der Waals surface area contributed by atoms with Gasteiger partial charge in [0.15, 0.2) is 0 Å². The van der Waals surface area contributed by atoms with Gasteiger partial charge in [-0.05, 0) is 13.0 Å². The fourth-order valence-electron chi connectivity index (χ4n) is 1.32. The van der Waals surface area contributed by atoms with E-state index in [0.717, 1.165) is 6.07 Å². The summed E-state index contributed by atoms with van der Waals surface area (Å²) in [5.41, 5.74) is 0.836. The molecule has 17 heavy (non-hydrogen) atoms. The van der Waals surface area contributed by atoms with Gasteiger partial charge >= 0.3 is 0 Å². The lowest BCUT2D eigenvalue weighted by Gasteiger charge is -2.02. The highest BCUT2D eigenvalue weighted by atomic mass is 19.1. The first-order valence-electron chi connectivity index (χ1n) is 4.97. The lowest BCUT2D eigenvalue weighted by Crippen LogP contribution is -2.23. The van der Waals surface area contributed by atoms with Gasteiger partial charge in [-0.15, -0.1) is 0 Å². The van der Waals surface area contributed by atoms with Gasteiger partial charge in [-0.2, -0.15) is 4.39 Å². The third-order valence-corrected chi connectivity index (χ3v) is 2.10. The van der Waals surface area contributed by atoms with Crippen LogP contribution in [0.5, 0.6) is 0 Å². The van der Waals surface area contributed by atoms with Gasteiger partial charge in [0.2, 0.25) is 5.95 Å². The molecule has 0 unspecified atom stereocenters. The summed E-state index contributed by atoms with van der Waals surface area (Å²) in [5.74, 6) is -0.397. The molecule has 2 heterocycles. The monoisotopic (exact) mass is 235 g/mol. The molecule has 0 aliphatic rings. The van der Waals surface area contributed by atoms with Gasteiger partial charge < -0.3 is 9.84 Å². The van der Waals surface area contributed by atoms with Gasteiger partial charge in [-0.25, -0.2) is 4.98 Å². The highest BCUT2D eigenvalue weighted by molar-refractivity contribution is 5.93. The fraction of sp³-hybridized carbons (Fsp3) is 0.182. The number of nitrogens with one attached hydrogen (secondary N) is 1. The number of aryl methyl sites for hydroxylation is 1. The number of pyridine rings is 1. The Hall–Kier alpha value is -2.24. The second-order valence-electron chi connectivity index (χ2n) is 3.48. The van der Waals surface area contributed by atoms with Crippen molar-refractivity contribution in [3.8, 4) is 0 Å². The predicted molar refractivity (Wildman–Crippen MR) is 56.6 cm³/mol. The maximum atomic E-state index is 12.8. The lowest BCUT2D eigenvalue weighted by molar-refractivity contribution is 0.0949. The normalized spacial score (nSPS) is 10.2. The summed E-state index contributed by atoms with van der Waals surface area (Å²) >= 11 is 0. The van der Waals surface area contributed by atoms with Gasteiger partial charge in [0.1, 0.15) is 11.5 Å². The maximum absolute atomic E-state index is 12.8. The first-order valence-corrected chi connectivity index (χ1v) is 4.97. The second kappa shape index (κ2) is 4.73. The van der Waals surface area contributed by atoms with Crippen LogP contribution in [0.25, 0.3) is 0 Å². The molecule has 2 aromatic rings. The van der Waals surface area contributed by atoms with Crippen molar-refractivity contribution in [3.63, 3.8) is 0 Å². The van der Waals surface area contributed by atoms with Crippen LogP contribution in [0.4, 0.5) is 4.39 Å². The van der Waals surface area contributed by atoms with Gasteiger partial charge in [-0.3, -0.25) is 4.79 Å². The molecule has 0 aliphatic carbocycles. The molecule has 0 atom stereocenters. The number of rotatable bonds is 3. The van der Waals surface area contributed by atoms with Crippen molar-refractivity contribution in [2.75, 3.05) is 0 Å². The topological polar surface area (TPSA) is 68.0 Å². The largest absolute Gasteiger partial charge is 0.361 e. The minimum atomic E-state index is -0.685. The van der Waals surface area contributed by atoms with E-state index in [4.69, 9.17) is 4.52 Å². The van der Waals surface area contributed by atoms with Gasteiger partial charge in [-0.1, -0.05) is 5.16 Å². The Morgan fingerprint density at radius 1 is 1.53 bits per heavy atom. The molecule has 0 spiro atoms. The minimum absolute atomic E-state index is 0.220. The van der Waals surface area contributed by atoms with Crippen molar-refractivity contribution < 1.29 is 13.7 Å². The Labute approximate surface area is 96.6 Å². The minimum Gasteiger partial charge on any atom is -0.361 e. The second-order valence-corrected chi connectivity index (χ2v) is 3.48. The van der Waals surface area contributed by atoms with E-state index >= 15 is 0 Å². The number of hydrogen-bond donors (Lipinski definition) is 1. The van der Waals surface area contributed by atoms with Crippen LogP contribution in [0.3, 0.4) is 0 Å². The Bertz CT molecular complexity index is 539. The number of nitrogens with zero attached hydrogens (tertiary/aromatic N) is 2. The molecule has 0 radical (unpaired) electrons. The number of halogens is 1. The smallest absolute Gasteiger partial charge is 0.251 e. The first kappa shape index (κ1) is 11.3. The summed E-state index contributed by atoms with van der Waals surface area (Å²) < 4.78 is 17.6. The van der Waals surface area contributed by atoms with Crippen LogP contribution < -0.4 is 5.32 Å². The van der Waals surface area contributed by atoms with E-state index in [2.05, 4.69) is 15.5 Å². The first-order chi connectivity index (χ1) is 8.15. The van der Waals surface area contributed by atoms with Gasteiger partial charge in [0.05, 0.1) is 6.54 Å². The summed E-state index contributed by atoms with van der Waals surface area (Å²) in [6, 6.07) is 4.23. The van der Waals surface area contributed by atoms with Gasteiger partial charge in [0, 0.05) is 23.9 Å². The average Bonchev–Trinajstić information content (AvgIpc) is 2.72. The number of hydrogen-bond acceptors (Lipinski definition) is 4. The molecule has 0 saturated heterocycles. The summed E-state index contributed by atoms with van der Waals surface area (Å²) in [5, 5.41) is 6.32. The molecule has 0 bridgehead atoms. The maximum Gasteiger partial charge on any atom is 0.251 e. The van der Waals surface area contributed by atoms with E-state index in [-0.39, 0.29) is 18.0 Å². The summed E-state index contributed by atoms with van der Waals surface area (Å²) in [4.78, 5) is 15.0. The molecule has 88 valence electrons. The van der Waals surface area contributed by atoms with Crippen molar-refractivity contribution >= 4 is 5.91 Å². The predicted octanol–water partition coefficient (Wildman–Crippen LogP) is 1.45. The van der Waals surface area contributed by atoms with Crippen LogP contribution >= 0.6 is 0 Å². The Morgan fingerprint density at radius 3 is 3.00 bits per heavy atom. The fourth-order valence-corrected chi connectivity index (χ4v) is 1.32. The van der Waals surface area contributed by atoms with Crippen molar-refractivity contribution in [1.82, 2.24) is 15.5 Å². The van der Waals surface area contributed by atoms with Crippen molar-refractivity contribution in [3.05, 3.63) is 47.4 Å². The Balaban J connectivity index is 1.98. The molecular weight excluding hydrogens is 225 g/mol. The van der Waals surface area contributed by atoms with Crippen LogP contribution in [0.1, 0.15) is 21.8 Å². The van der Waals surface area contributed by atoms with E-state index in [1.165, 1.54) is 12.3 Å². The molecule has 2 rings (SSSR count). The molecule has 1 N–H and O–H groups in total. The van der Waals surface area contributed by atoms with Gasteiger partial charge in [0.25, 0.3) is 5.91 Å². The number of amides is 1. The van der Waals surface area contributed by atoms with Crippen LogP contribution in [0, 0.1) is 12.9 Å². The summed E-state index contributed by atoms with van der Waals surface area (Å²) in [6.45, 7) is 2.00. The molecule has 1 amide bonds. The SMILES string of the molecule is Cc1cc(CNC(=O)c2ccnc(F)c2)no1. The third-order valence-electron chi connectivity index (χ3n) is 2.10. The van der Waals surface area contributed by atoms with E-state index in [0.29, 0.717) is 11.5 Å². The molecule has 0 aromatic carbocycles. The Morgan fingerprint density at radius 2 is 2.35 bits per heavy atom. The number of carbonyl (C=O) groups excluding carboxylic acids is 1. The number of aromatic nitrogens is 2. The van der Waals surface area contributed by atoms with Crippen LogP contribution in [-0.4, -0.2) is 16.0 Å². The van der Waals surface area contributed by atoms with Crippen LogP contribution in [0.2, 0.25) is 0 Å². The van der Waals surface area contributed by atoms with Crippen molar-refractivity contribution in [2.45, 2.75) is 13.5 Å². The van der Waals surface area contributed by atoms with Crippen LogP contribution in [0.15, 0.2) is 28.9 Å². The zero-order valence-electron chi connectivity index (χ0n) is 9.11. The lowest BCUT2D eigenvalue weighted by atomic mass is 10.2. The summed E-state index contributed by atoms with van der Waals surface area (Å²) in [6.07, 6.45) is 1.24. The molecule has 0 aliphatic heterocycles. The van der Waals surface area contributed by atoms with E-state index in [1.807, 2.05) is 0 Å².